The maximum absolute atomic E-state index is 13.0. The molecule has 0 radical (unpaired) electrons. The summed E-state index contributed by atoms with van der Waals surface area (Å²) in [7, 11) is 2.09. The molecule has 2 bridgehead atoms. The van der Waals surface area contributed by atoms with Crippen molar-refractivity contribution >= 4 is 0 Å². The molecule has 2 aliphatic heterocycles. The highest BCUT2D eigenvalue weighted by Crippen LogP contribution is 2.40. The van der Waals surface area contributed by atoms with Crippen molar-refractivity contribution in [2.24, 2.45) is 0 Å². The van der Waals surface area contributed by atoms with E-state index in [0.717, 1.165) is 5.56 Å². The number of aliphatic hydroxyl groups is 1. The van der Waals surface area contributed by atoms with E-state index in [2.05, 4.69) is 11.9 Å². The van der Waals surface area contributed by atoms with Crippen LogP contribution in [-0.4, -0.2) is 42.4 Å². The van der Waals surface area contributed by atoms with Gasteiger partial charge in [0.15, 0.2) is 0 Å². The predicted octanol–water partition coefficient (Wildman–Crippen LogP) is 1.51. The van der Waals surface area contributed by atoms with Crippen LogP contribution in [0, 0.1) is 5.82 Å². The fourth-order valence-corrected chi connectivity index (χ4v) is 3.14. The second-order valence-electron chi connectivity index (χ2n) is 5.46. The van der Waals surface area contributed by atoms with Gasteiger partial charge in [0, 0.05) is 12.1 Å². The molecule has 2 fully saturated rings. The third kappa shape index (κ3) is 1.94. The number of hydrogen-bond donors (Lipinski definition) is 1. The van der Waals surface area contributed by atoms with Crippen molar-refractivity contribution in [2.45, 2.75) is 30.5 Å². The van der Waals surface area contributed by atoms with Crippen molar-refractivity contribution in [3.63, 3.8) is 0 Å². The summed E-state index contributed by atoms with van der Waals surface area (Å²) >= 11 is 0. The maximum atomic E-state index is 13.0. The van der Waals surface area contributed by atoms with Crippen molar-refractivity contribution in [1.82, 2.24) is 4.90 Å². The van der Waals surface area contributed by atoms with E-state index in [0.29, 0.717) is 26.1 Å². The van der Waals surface area contributed by atoms with Gasteiger partial charge in [-0.25, -0.2) is 4.39 Å². The fraction of sp³-hybridized carbons (Fsp3) is 0.571. The third-order valence-corrected chi connectivity index (χ3v) is 4.30. The van der Waals surface area contributed by atoms with E-state index in [-0.39, 0.29) is 17.9 Å². The zero-order chi connectivity index (χ0) is 12.8. The van der Waals surface area contributed by atoms with E-state index >= 15 is 0 Å². The Hall–Kier alpha value is -0.970. The smallest absolute Gasteiger partial charge is 0.123 e. The average Bonchev–Trinajstić information content (AvgIpc) is 2.32. The van der Waals surface area contributed by atoms with E-state index in [1.807, 2.05) is 0 Å². The average molecular weight is 251 g/mol. The summed E-state index contributed by atoms with van der Waals surface area (Å²) in [4.78, 5) is 2.29. The molecule has 4 heteroatoms. The van der Waals surface area contributed by atoms with Gasteiger partial charge in [-0.2, -0.15) is 0 Å². The molecule has 2 atom stereocenters. The summed E-state index contributed by atoms with van der Waals surface area (Å²) in [6, 6.07) is 6.70. The fourth-order valence-electron chi connectivity index (χ4n) is 3.14. The monoisotopic (exact) mass is 251 g/mol. The number of likely N-dealkylation sites (N-methyl/N-ethyl adjacent to an activating group) is 1. The van der Waals surface area contributed by atoms with Crippen molar-refractivity contribution in [3.05, 3.63) is 35.6 Å². The lowest BCUT2D eigenvalue weighted by Gasteiger charge is -2.50. The van der Waals surface area contributed by atoms with Crippen molar-refractivity contribution in [1.29, 1.82) is 0 Å². The molecule has 2 saturated heterocycles. The molecule has 0 aliphatic carbocycles. The molecule has 3 rings (SSSR count). The quantitative estimate of drug-likeness (QED) is 0.821. The van der Waals surface area contributed by atoms with Crippen LogP contribution < -0.4 is 0 Å². The molecule has 1 aromatic rings. The number of benzene rings is 1. The molecule has 0 saturated carbocycles. The van der Waals surface area contributed by atoms with Gasteiger partial charge < -0.3 is 9.84 Å². The minimum absolute atomic E-state index is 0.243. The molecule has 3 nitrogen and oxygen atoms in total. The second-order valence-corrected chi connectivity index (χ2v) is 5.46. The van der Waals surface area contributed by atoms with Crippen LogP contribution in [0.15, 0.2) is 24.3 Å². The first-order chi connectivity index (χ1) is 8.58. The van der Waals surface area contributed by atoms with Gasteiger partial charge in [0.2, 0.25) is 0 Å². The van der Waals surface area contributed by atoms with E-state index < -0.39 is 5.60 Å². The Bertz CT molecular complexity index is 420. The molecular weight excluding hydrogens is 233 g/mol. The molecule has 98 valence electrons. The Morgan fingerprint density at radius 2 is 1.78 bits per heavy atom. The van der Waals surface area contributed by atoms with Crippen molar-refractivity contribution < 1.29 is 14.2 Å². The number of halogens is 1. The lowest BCUT2D eigenvalue weighted by atomic mass is 9.77. The van der Waals surface area contributed by atoms with Gasteiger partial charge in [-0.3, -0.25) is 4.90 Å². The lowest BCUT2D eigenvalue weighted by Crippen LogP contribution is -2.59. The maximum Gasteiger partial charge on any atom is 0.123 e. The highest BCUT2D eigenvalue weighted by molar-refractivity contribution is 5.25. The van der Waals surface area contributed by atoms with Crippen LogP contribution in [0.1, 0.15) is 18.4 Å². The second kappa shape index (κ2) is 4.30. The van der Waals surface area contributed by atoms with E-state index in [1.54, 1.807) is 12.1 Å². The molecule has 0 spiro atoms. The molecule has 1 aromatic carbocycles. The molecule has 0 amide bonds. The van der Waals surface area contributed by atoms with Gasteiger partial charge in [-0.05, 0) is 37.6 Å². The Morgan fingerprint density at radius 1 is 1.22 bits per heavy atom. The first kappa shape index (κ1) is 12.1. The van der Waals surface area contributed by atoms with Crippen LogP contribution in [0.5, 0.6) is 0 Å². The van der Waals surface area contributed by atoms with Gasteiger partial charge in [0.25, 0.3) is 0 Å². The van der Waals surface area contributed by atoms with Crippen LogP contribution in [0.25, 0.3) is 0 Å². The molecule has 2 heterocycles. The Kier molecular flexibility index (Phi) is 2.88. The van der Waals surface area contributed by atoms with Gasteiger partial charge in [-0.1, -0.05) is 12.1 Å². The minimum atomic E-state index is -0.848. The lowest BCUT2D eigenvalue weighted by molar-refractivity contribution is -0.137. The first-order valence-corrected chi connectivity index (χ1v) is 6.37. The van der Waals surface area contributed by atoms with Gasteiger partial charge in [-0.15, -0.1) is 0 Å². The standard InChI is InChI=1S/C14H18FNO2/c1-16-12-6-14(17,7-13(16)9-18-8-12)10-2-4-11(15)5-3-10/h2-5,12-13,17H,6-9H2,1H3. The summed E-state index contributed by atoms with van der Waals surface area (Å²) in [5, 5.41) is 10.9. The first-order valence-electron chi connectivity index (χ1n) is 6.37. The SMILES string of the molecule is CN1C2COCC1CC(O)(c1ccc(F)cc1)C2. The Balaban J connectivity index is 1.89. The minimum Gasteiger partial charge on any atom is -0.385 e. The summed E-state index contributed by atoms with van der Waals surface area (Å²) in [5.74, 6) is -0.265. The Morgan fingerprint density at radius 3 is 2.33 bits per heavy atom. The number of rotatable bonds is 1. The molecule has 0 aromatic heterocycles. The summed E-state index contributed by atoms with van der Waals surface area (Å²) in [6.07, 6.45) is 1.29. The molecule has 2 unspecified atom stereocenters. The largest absolute Gasteiger partial charge is 0.385 e. The van der Waals surface area contributed by atoms with Gasteiger partial charge in [0.1, 0.15) is 5.82 Å². The van der Waals surface area contributed by atoms with Crippen LogP contribution in [-0.2, 0) is 10.3 Å². The van der Waals surface area contributed by atoms with Crippen LogP contribution in [0.3, 0.4) is 0 Å². The number of ether oxygens (including phenoxy) is 1. The zero-order valence-electron chi connectivity index (χ0n) is 10.5. The predicted molar refractivity (Wildman–Crippen MR) is 65.7 cm³/mol. The number of hydrogen-bond acceptors (Lipinski definition) is 3. The van der Waals surface area contributed by atoms with Crippen LogP contribution in [0.2, 0.25) is 0 Å². The molecule has 1 N–H and O–H groups in total. The third-order valence-electron chi connectivity index (χ3n) is 4.30. The molecule has 2 aliphatic rings. The van der Waals surface area contributed by atoms with Crippen LogP contribution >= 0.6 is 0 Å². The number of fused-ring (bicyclic) bond motifs is 2. The normalized spacial score (nSPS) is 36.6. The topological polar surface area (TPSA) is 32.7 Å². The van der Waals surface area contributed by atoms with Crippen molar-refractivity contribution in [2.75, 3.05) is 20.3 Å². The highest BCUT2D eigenvalue weighted by atomic mass is 19.1. The Labute approximate surface area is 106 Å². The van der Waals surface area contributed by atoms with Gasteiger partial charge >= 0.3 is 0 Å². The van der Waals surface area contributed by atoms with Crippen molar-refractivity contribution in [3.8, 4) is 0 Å². The number of piperidine rings is 1. The highest BCUT2D eigenvalue weighted by Gasteiger charge is 2.45. The summed E-state index contributed by atoms with van der Waals surface area (Å²) in [6.45, 7) is 1.33. The van der Waals surface area contributed by atoms with Gasteiger partial charge in [0.05, 0.1) is 18.8 Å². The van der Waals surface area contributed by atoms with E-state index in [4.69, 9.17) is 4.74 Å². The van der Waals surface area contributed by atoms with Crippen LogP contribution in [0.4, 0.5) is 4.39 Å². The number of morpholine rings is 1. The zero-order valence-corrected chi connectivity index (χ0v) is 10.5. The summed E-state index contributed by atoms with van der Waals surface area (Å²) < 4.78 is 18.5. The molecular formula is C14H18FNO2. The summed E-state index contributed by atoms with van der Waals surface area (Å²) in [5.41, 5.74) is -0.0341. The number of nitrogens with zero attached hydrogens (tertiary/aromatic N) is 1. The van der Waals surface area contributed by atoms with E-state index in [1.165, 1.54) is 12.1 Å². The molecule has 18 heavy (non-hydrogen) atoms. The van der Waals surface area contributed by atoms with E-state index in [9.17, 15) is 9.50 Å².